The van der Waals surface area contributed by atoms with Gasteiger partial charge in [-0.15, -0.1) is 5.10 Å². The number of halogens is 1. The van der Waals surface area contributed by atoms with Crippen molar-refractivity contribution >= 4 is 31.5 Å². The minimum Gasteiger partial charge on any atom is -0.432 e. The zero-order chi connectivity index (χ0) is 22.6. The quantitative estimate of drug-likeness (QED) is 0.636. The number of ether oxygens (including phenoxy) is 1. The molecule has 0 saturated carbocycles. The maximum atomic E-state index is 13.5. The number of rotatable bonds is 6. The minimum atomic E-state index is -2.68. The van der Waals surface area contributed by atoms with E-state index in [4.69, 9.17) is 21.4 Å². The number of hydrogen-bond donors (Lipinski definition) is 2. The van der Waals surface area contributed by atoms with Crippen LogP contribution in [0.15, 0.2) is 24.4 Å². The van der Waals surface area contributed by atoms with Gasteiger partial charge in [-0.3, -0.25) is 9.48 Å². The number of aromatic nitrogens is 3. The lowest BCUT2D eigenvalue weighted by Crippen LogP contribution is -2.45. The molecule has 2 N–H and O–H groups in total. The van der Waals surface area contributed by atoms with Crippen molar-refractivity contribution in [3.8, 4) is 0 Å². The second-order valence-electron chi connectivity index (χ2n) is 9.12. The van der Waals surface area contributed by atoms with Gasteiger partial charge in [-0.2, -0.15) is 0 Å². The first-order chi connectivity index (χ1) is 14.6. The van der Waals surface area contributed by atoms with Gasteiger partial charge in [0.2, 0.25) is 0 Å². The highest BCUT2D eigenvalue weighted by Crippen LogP contribution is 2.59. The lowest BCUT2D eigenvalue weighted by atomic mass is 9.82. The number of aliphatic hydroxyl groups is 1. The van der Waals surface area contributed by atoms with Gasteiger partial charge in [0.25, 0.3) is 5.91 Å². The van der Waals surface area contributed by atoms with Crippen molar-refractivity contribution in [3.05, 3.63) is 40.7 Å². The van der Waals surface area contributed by atoms with Crippen LogP contribution in [0.3, 0.4) is 0 Å². The standard InChI is InChI=1S/C21H29ClN4O4Si/c1-13-19(31(3,4)29)18(7-9-26-12-15(8-10-27)23-24-26)30-21(13)16-11-14(22)5-6-17(16)25(2)20(21)28/h5-6,11-13,18-19,27,29H,7-10H2,1-4H3/t13-,18+,19-,21+/m0/s1. The largest absolute Gasteiger partial charge is 0.432 e. The number of benzene rings is 1. The Hall–Kier alpha value is -1.78. The molecule has 2 aliphatic rings. The first-order valence-electron chi connectivity index (χ1n) is 10.6. The maximum absolute atomic E-state index is 13.5. The summed E-state index contributed by atoms with van der Waals surface area (Å²) < 4.78 is 8.35. The molecule has 1 saturated heterocycles. The number of fused-ring (bicyclic) bond motifs is 2. The van der Waals surface area contributed by atoms with E-state index < -0.39 is 13.9 Å². The summed E-state index contributed by atoms with van der Waals surface area (Å²) in [6.45, 7) is 6.38. The summed E-state index contributed by atoms with van der Waals surface area (Å²) in [5.74, 6) is -0.325. The molecule has 0 radical (unpaired) electrons. The summed E-state index contributed by atoms with van der Waals surface area (Å²) in [7, 11) is -0.931. The minimum absolute atomic E-state index is 0.0223. The predicted molar refractivity (Wildman–Crippen MR) is 119 cm³/mol. The fourth-order valence-electron chi connectivity index (χ4n) is 5.36. The van der Waals surface area contributed by atoms with Gasteiger partial charge in [-0.1, -0.05) is 23.7 Å². The first kappa shape index (κ1) is 22.4. The second kappa shape index (κ2) is 7.97. The first-order valence-corrected chi connectivity index (χ1v) is 14.0. The molecule has 1 aromatic heterocycles. The summed E-state index contributed by atoms with van der Waals surface area (Å²) in [6, 6.07) is 5.44. The molecule has 0 bridgehead atoms. The molecule has 1 fully saturated rings. The molecule has 4 rings (SSSR count). The lowest BCUT2D eigenvalue weighted by Gasteiger charge is -2.32. The zero-order valence-corrected chi connectivity index (χ0v) is 20.0. The molecular formula is C21H29ClN4O4Si. The van der Waals surface area contributed by atoms with E-state index in [2.05, 4.69) is 10.3 Å². The van der Waals surface area contributed by atoms with Crippen LogP contribution in [0, 0.1) is 5.92 Å². The number of hydrogen-bond acceptors (Lipinski definition) is 6. The van der Waals surface area contributed by atoms with Gasteiger partial charge in [0.15, 0.2) is 13.9 Å². The van der Waals surface area contributed by atoms with E-state index >= 15 is 0 Å². The van der Waals surface area contributed by atoms with E-state index in [0.717, 1.165) is 16.9 Å². The Bertz CT molecular complexity index is 994. The zero-order valence-electron chi connectivity index (χ0n) is 18.2. The molecule has 0 unspecified atom stereocenters. The van der Waals surface area contributed by atoms with Crippen molar-refractivity contribution in [1.29, 1.82) is 0 Å². The molecule has 3 heterocycles. The van der Waals surface area contributed by atoms with Gasteiger partial charge in [0.1, 0.15) is 0 Å². The molecule has 1 aromatic carbocycles. The third-order valence-electron chi connectivity index (χ3n) is 6.67. The Morgan fingerprint density at radius 2 is 2.10 bits per heavy atom. The normalized spacial score (nSPS) is 28.0. The molecule has 2 aliphatic heterocycles. The van der Waals surface area contributed by atoms with Crippen molar-refractivity contribution in [2.24, 2.45) is 5.92 Å². The van der Waals surface area contributed by atoms with Crippen LogP contribution in [0.25, 0.3) is 0 Å². The number of carbonyl (C=O) groups excluding carboxylic acids is 1. The monoisotopic (exact) mass is 464 g/mol. The van der Waals surface area contributed by atoms with E-state index in [1.54, 1.807) is 22.7 Å². The Kier molecular flexibility index (Phi) is 5.76. The number of carbonyl (C=O) groups is 1. The van der Waals surface area contributed by atoms with Crippen molar-refractivity contribution in [2.45, 2.75) is 56.7 Å². The van der Waals surface area contributed by atoms with Crippen LogP contribution in [-0.4, -0.2) is 58.9 Å². The van der Waals surface area contributed by atoms with Crippen molar-refractivity contribution in [1.82, 2.24) is 15.0 Å². The molecular weight excluding hydrogens is 436 g/mol. The third-order valence-corrected chi connectivity index (χ3v) is 9.41. The number of anilines is 1. The number of likely N-dealkylation sites (N-methyl/N-ethyl adjacent to an activating group) is 1. The Morgan fingerprint density at radius 3 is 2.77 bits per heavy atom. The molecule has 0 aliphatic carbocycles. The van der Waals surface area contributed by atoms with Crippen molar-refractivity contribution < 1.29 is 19.4 Å². The summed E-state index contributed by atoms with van der Waals surface area (Å²) in [5.41, 5.74) is 1.00. The summed E-state index contributed by atoms with van der Waals surface area (Å²) >= 11 is 6.30. The smallest absolute Gasteiger partial charge is 0.264 e. The lowest BCUT2D eigenvalue weighted by molar-refractivity contribution is -0.145. The highest BCUT2D eigenvalue weighted by molar-refractivity contribution is 6.71. The van der Waals surface area contributed by atoms with E-state index in [9.17, 15) is 9.59 Å². The molecule has 8 nitrogen and oxygen atoms in total. The van der Waals surface area contributed by atoms with Crippen LogP contribution in [-0.2, 0) is 28.1 Å². The highest BCUT2D eigenvalue weighted by atomic mass is 35.5. The van der Waals surface area contributed by atoms with Gasteiger partial charge in [-0.25, -0.2) is 0 Å². The number of amides is 1. The summed E-state index contributed by atoms with van der Waals surface area (Å²) in [4.78, 5) is 26.3. The Balaban J connectivity index is 1.67. The average molecular weight is 465 g/mol. The molecule has 31 heavy (non-hydrogen) atoms. The molecule has 4 atom stereocenters. The Labute approximate surface area is 187 Å². The maximum Gasteiger partial charge on any atom is 0.264 e. The van der Waals surface area contributed by atoms with Gasteiger partial charge in [0, 0.05) is 54.9 Å². The fraction of sp³-hybridized carbons (Fsp3) is 0.571. The van der Waals surface area contributed by atoms with Gasteiger partial charge < -0.3 is 19.5 Å². The second-order valence-corrected chi connectivity index (χ2v) is 13.5. The molecule has 1 spiro atoms. The van der Waals surface area contributed by atoms with Crippen LogP contribution in [0.5, 0.6) is 0 Å². The third kappa shape index (κ3) is 3.62. The number of aliphatic hydroxyl groups excluding tert-OH is 1. The van der Waals surface area contributed by atoms with Crippen molar-refractivity contribution in [2.75, 3.05) is 18.6 Å². The Morgan fingerprint density at radius 1 is 1.35 bits per heavy atom. The topological polar surface area (TPSA) is 101 Å². The fourth-order valence-corrected chi connectivity index (χ4v) is 8.14. The van der Waals surface area contributed by atoms with Crippen LogP contribution in [0.4, 0.5) is 5.69 Å². The molecule has 1 amide bonds. The highest BCUT2D eigenvalue weighted by Gasteiger charge is 2.65. The summed E-state index contributed by atoms with van der Waals surface area (Å²) in [6.07, 6.45) is 2.54. The van der Waals surface area contributed by atoms with Gasteiger partial charge >= 0.3 is 0 Å². The van der Waals surface area contributed by atoms with Gasteiger partial charge in [0.05, 0.1) is 17.5 Å². The van der Waals surface area contributed by atoms with E-state index in [0.29, 0.717) is 24.4 Å². The molecule has 10 heteroatoms. The number of nitrogens with zero attached hydrogens (tertiary/aromatic N) is 4. The van der Waals surface area contributed by atoms with E-state index in [1.165, 1.54) is 0 Å². The predicted octanol–water partition coefficient (Wildman–Crippen LogP) is 2.33. The van der Waals surface area contributed by atoms with Crippen molar-refractivity contribution in [3.63, 3.8) is 0 Å². The van der Waals surface area contributed by atoms with Gasteiger partial charge in [-0.05, 0) is 37.7 Å². The van der Waals surface area contributed by atoms with Crippen LogP contribution >= 0.6 is 11.6 Å². The molecule has 168 valence electrons. The van der Waals surface area contributed by atoms with E-state index in [1.807, 2.05) is 38.3 Å². The van der Waals surface area contributed by atoms with Crippen LogP contribution in [0.1, 0.15) is 24.6 Å². The SMILES string of the molecule is C[C@H]1[C@H]([Si](C)(C)O)[C@@H](CCn2cc(CCO)nn2)O[C@]12C(=O)N(C)c1ccc(Cl)cc12. The average Bonchev–Trinajstić information content (AvgIpc) is 3.32. The van der Waals surface area contributed by atoms with E-state index in [-0.39, 0.29) is 30.1 Å². The summed E-state index contributed by atoms with van der Waals surface area (Å²) in [5, 5.41) is 17.8. The van der Waals surface area contributed by atoms with Crippen LogP contribution < -0.4 is 4.90 Å². The number of aryl methyl sites for hydroxylation is 1. The van der Waals surface area contributed by atoms with Crippen LogP contribution in [0.2, 0.25) is 23.7 Å². The molecule has 2 aromatic rings.